The molecule has 0 heterocycles. The minimum atomic E-state index is -4.92. The molecule has 0 amide bonds. The first-order chi connectivity index (χ1) is 8.53. The molecule has 0 bridgehead atoms. The maximum absolute atomic E-state index is 12.6. The van der Waals surface area contributed by atoms with Crippen LogP contribution in [0.1, 0.15) is 5.56 Å². The molecule has 1 rings (SSSR count). The molecule has 0 spiro atoms. The third-order valence-electron chi connectivity index (χ3n) is 2.17. The maximum atomic E-state index is 12.6. The Hall–Kier alpha value is -1.15. The van der Waals surface area contributed by atoms with E-state index in [1.54, 1.807) is 0 Å². The van der Waals surface area contributed by atoms with E-state index in [0.29, 0.717) is 6.07 Å². The van der Waals surface area contributed by atoms with Gasteiger partial charge in [0, 0.05) is 6.54 Å². The van der Waals surface area contributed by atoms with E-state index in [4.69, 9.17) is 16.7 Å². The number of aliphatic hydroxyl groups excluding tert-OH is 1. The van der Waals surface area contributed by atoms with Gasteiger partial charge in [-0.3, -0.25) is 0 Å². The van der Waals surface area contributed by atoms with Crippen LogP contribution < -0.4 is 5.32 Å². The lowest BCUT2D eigenvalue weighted by molar-refractivity contribution is -0.198. The smallest absolute Gasteiger partial charge is 0.382 e. The van der Waals surface area contributed by atoms with Crippen LogP contribution in [-0.2, 0) is 6.18 Å². The minimum Gasteiger partial charge on any atom is -0.382 e. The van der Waals surface area contributed by atoms with Gasteiger partial charge in [0.1, 0.15) is 0 Å². The van der Waals surface area contributed by atoms with E-state index in [-0.39, 0.29) is 5.02 Å². The summed E-state index contributed by atoms with van der Waals surface area (Å²) in [6, 6.07) is 2.80. The quantitative estimate of drug-likeness (QED) is 0.835. The van der Waals surface area contributed by atoms with E-state index < -0.39 is 36.3 Å². The summed E-state index contributed by atoms with van der Waals surface area (Å²) in [7, 11) is 0. The highest BCUT2D eigenvalue weighted by Crippen LogP contribution is 2.38. The van der Waals surface area contributed by atoms with Gasteiger partial charge in [0.15, 0.2) is 6.10 Å². The fourth-order valence-electron chi connectivity index (χ4n) is 1.25. The highest BCUT2D eigenvalue weighted by Gasteiger charge is 2.39. The van der Waals surface area contributed by atoms with Crippen molar-refractivity contribution in [2.24, 2.45) is 0 Å². The van der Waals surface area contributed by atoms with Gasteiger partial charge in [0.2, 0.25) is 0 Å². The molecule has 0 aliphatic heterocycles. The molecular weight excluding hydrogens is 300 g/mol. The fourth-order valence-corrected chi connectivity index (χ4v) is 1.50. The van der Waals surface area contributed by atoms with Crippen molar-refractivity contribution in [1.29, 1.82) is 0 Å². The normalized spacial score (nSPS) is 14.3. The number of hydrogen-bond acceptors (Lipinski definition) is 2. The number of halogens is 7. The fraction of sp³-hybridized carbons (Fsp3) is 0.400. The molecule has 0 aliphatic carbocycles. The first-order valence-corrected chi connectivity index (χ1v) is 5.25. The van der Waals surface area contributed by atoms with Crippen LogP contribution in [0.4, 0.5) is 32.0 Å². The number of nitrogens with one attached hydrogen (secondary N) is 1. The summed E-state index contributed by atoms with van der Waals surface area (Å²) in [5, 5.41) is 10.2. The lowest BCUT2D eigenvalue weighted by Gasteiger charge is -2.19. The van der Waals surface area contributed by atoms with E-state index in [1.165, 1.54) is 0 Å². The molecule has 0 aromatic heterocycles. The van der Waals surface area contributed by atoms with E-state index in [0.717, 1.165) is 12.1 Å². The topological polar surface area (TPSA) is 32.3 Å². The van der Waals surface area contributed by atoms with E-state index in [9.17, 15) is 26.3 Å². The van der Waals surface area contributed by atoms with E-state index in [1.807, 2.05) is 5.32 Å². The summed E-state index contributed by atoms with van der Waals surface area (Å²) in [6.45, 7) is -1.13. The molecule has 0 aliphatic rings. The van der Waals surface area contributed by atoms with Crippen molar-refractivity contribution in [3.63, 3.8) is 0 Å². The number of benzene rings is 1. The number of para-hydroxylation sites is 1. The van der Waals surface area contributed by atoms with Gasteiger partial charge in [-0.2, -0.15) is 26.3 Å². The van der Waals surface area contributed by atoms with E-state index in [2.05, 4.69) is 0 Å². The van der Waals surface area contributed by atoms with Crippen LogP contribution in [0.2, 0.25) is 5.02 Å². The van der Waals surface area contributed by atoms with Crippen molar-refractivity contribution in [3.8, 4) is 0 Å². The average Bonchev–Trinajstić information content (AvgIpc) is 2.24. The van der Waals surface area contributed by atoms with Crippen LogP contribution in [-0.4, -0.2) is 23.9 Å². The Labute approximate surface area is 109 Å². The van der Waals surface area contributed by atoms with Crippen LogP contribution in [0.5, 0.6) is 0 Å². The predicted molar refractivity (Wildman–Crippen MR) is 57.0 cm³/mol. The third-order valence-corrected chi connectivity index (χ3v) is 2.48. The molecule has 0 saturated heterocycles. The van der Waals surface area contributed by atoms with Gasteiger partial charge in [-0.15, -0.1) is 0 Å². The number of aliphatic hydroxyl groups is 1. The van der Waals surface area contributed by atoms with Crippen molar-refractivity contribution in [3.05, 3.63) is 28.8 Å². The van der Waals surface area contributed by atoms with Gasteiger partial charge in [0.25, 0.3) is 0 Å². The van der Waals surface area contributed by atoms with Crippen molar-refractivity contribution >= 4 is 17.3 Å². The first-order valence-electron chi connectivity index (χ1n) is 4.88. The summed E-state index contributed by atoms with van der Waals surface area (Å²) in [6.07, 6.45) is -12.5. The van der Waals surface area contributed by atoms with Crippen molar-refractivity contribution < 1.29 is 31.4 Å². The Morgan fingerprint density at radius 2 is 1.74 bits per heavy atom. The average molecular weight is 308 g/mol. The van der Waals surface area contributed by atoms with E-state index >= 15 is 0 Å². The molecule has 0 saturated carbocycles. The van der Waals surface area contributed by atoms with Gasteiger partial charge < -0.3 is 10.4 Å². The number of hydrogen-bond donors (Lipinski definition) is 2. The second-order valence-corrected chi connectivity index (χ2v) is 4.01. The third kappa shape index (κ3) is 4.17. The van der Waals surface area contributed by atoms with Crippen molar-refractivity contribution in [2.75, 3.05) is 11.9 Å². The van der Waals surface area contributed by atoms with Gasteiger partial charge in [-0.05, 0) is 12.1 Å². The summed E-state index contributed by atoms with van der Waals surface area (Å²) in [4.78, 5) is 0. The molecule has 1 unspecified atom stereocenters. The van der Waals surface area contributed by atoms with Gasteiger partial charge in [-0.25, -0.2) is 0 Å². The summed E-state index contributed by atoms with van der Waals surface area (Å²) in [5.74, 6) is 0. The highest BCUT2D eigenvalue weighted by molar-refractivity contribution is 6.33. The Morgan fingerprint density at radius 3 is 2.21 bits per heavy atom. The molecule has 9 heteroatoms. The molecule has 1 aromatic rings. The Morgan fingerprint density at radius 1 is 1.16 bits per heavy atom. The summed E-state index contributed by atoms with van der Waals surface area (Å²) >= 11 is 5.51. The number of alkyl halides is 6. The maximum Gasteiger partial charge on any atom is 0.418 e. The SMILES string of the molecule is OC(CNc1c(Cl)cccc1C(F)(F)F)C(F)(F)F. The van der Waals surface area contributed by atoms with Gasteiger partial charge in [0.05, 0.1) is 16.3 Å². The standard InChI is InChI=1S/C10H8ClF6NO/c11-6-3-1-2-5(9(12,13)14)8(6)18-4-7(19)10(15,16)17/h1-3,7,18-19H,4H2. The molecule has 2 N–H and O–H groups in total. The molecule has 1 atom stereocenters. The molecular formula is C10H8ClF6NO. The number of rotatable bonds is 3. The monoisotopic (exact) mass is 307 g/mol. The zero-order valence-electron chi connectivity index (χ0n) is 9.11. The minimum absolute atomic E-state index is 0.385. The molecule has 1 aromatic carbocycles. The molecule has 0 fully saturated rings. The molecule has 108 valence electrons. The summed E-state index contributed by atoms with van der Waals surface area (Å²) in [5.41, 5.74) is -1.89. The zero-order valence-corrected chi connectivity index (χ0v) is 9.87. The second kappa shape index (κ2) is 5.46. The molecule has 2 nitrogen and oxygen atoms in total. The Balaban J connectivity index is 2.95. The second-order valence-electron chi connectivity index (χ2n) is 3.60. The lowest BCUT2D eigenvalue weighted by Crippen LogP contribution is -2.35. The van der Waals surface area contributed by atoms with Crippen LogP contribution >= 0.6 is 11.6 Å². The highest BCUT2D eigenvalue weighted by atomic mass is 35.5. The van der Waals surface area contributed by atoms with Crippen LogP contribution in [0.3, 0.4) is 0 Å². The zero-order chi connectivity index (χ0) is 14.8. The van der Waals surface area contributed by atoms with Crippen LogP contribution in [0.25, 0.3) is 0 Å². The lowest BCUT2D eigenvalue weighted by atomic mass is 10.1. The van der Waals surface area contributed by atoms with Crippen molar-refractivity contribution in [1.82, 2.24) is 0 Å². The van der Waals surface area contributed by atoms with Gasteiger partial charge in [-0.1, -0.05) is 17.7 Å². The van der Waals surface area contributed by atoms with Gasteiger partial charge >= 0.3 is 12.4 Å². The Bertz CT molecular complexity index is 445. The van der Waals surface area contributed by atoms with Crippen LogP contribution in [0, 0.1) is 0 Å². The first kappa shape index (κ1) is 15.9. The largest absolute Gasteiger partial charge is 0.418 e. The molecule has 0 radical (unpaired) electrons. The predicted octanol–water partition coefficient (Wildman–Crippen LogP) is 3.69. The molecule has 19 heavy (non-hydrogen) atoms. The number of anilines is 1. The van der Waals surface area contributed by atoms with Crippen molar-refractivity contribution in [2.45, 2.75) is 18.5 Å². The summed E-state index contributed by atoms with van der Waals surface area (Å²) < 4.78 is 73.9. The Kier molecular flexibility index (Phi) is 4.57. The van der Waals surface area contributed by atoms with Crippen LogP contribution in [0.15, 0.2) is 18.2 Å².